The van der Waals surface area contributed by atoms with Gasteiger partial charge < -0.3 is 0 Å². The average molecular weight is 407 g/mol. The van der Waals surface area contributed by atoms with Gasteiger partial charge in [0.1, 0.15) is 6.33 Å². The van der Waals surface area contributed by atoms with Crippen LogP contribution in [0.15, 0.2) is 24.7 Å². The SMILES string of the molecule is CCCCCC1(C)c2ccc[n+]3c2-c2c(ncnc2C1(C)C)C(CC)C3(CC)CC. The van der Waals surface area contributed by atoms with Crippen LogP contribution in [0.1, 0.15) is 116 Å². The summed E-state index contributed by atoms with van der Waals surface area (Å²) in [7, 11) is 0. The second-order valence-corrected chi connectivity index (χ2v) is 10.3. The largest absolute Gasteiger partial charge is 0.240 e. The predicted molar refractivity (Wildman–Crippen MR) is 124 cm³/mol. The molecule has 3 nitrogen and oxygen atoms in total. The highest BCUT2D eigenvalue weighted by Crippen LogP contribution is 2.58. The summed E-state index contributed by atoms with van der Waals surface area (Å²) >= 11 is 0. The average Bonchev–Trinajstić information content (AvgIpc) is 2.76. The Balaban J connectivity index is 2.09. The van der Waals surface area contributed by atoms with E-state index in [-0.39, 0.29) is 16.4 Å². The molecule has 3 heterocycles. The highest BCUT2D eigenvalue weighted by atomic mass is 15.1. The molecule has 0 aromatic carbocycles. The van der Waals surface area contributed by atoms with Crippen molar-refractivity contribution in [3.8, 4) is 11.3 Å². The van der Waals surface area contributed by atoms with E-state index in [1.807, 2.05) is 6.33 Å². The van der Waals surface area contributed by atoms with Gasteiger partial charge in [0, 0.05) is 35.3 Å². The summed E-state index contributed by atoms with van der Waals surface area (Å²) in [6.07, 6.45) is 12.6. The number of aromatic nitrogens is 3. The summed E-state index contributed by atoms with van der Waals surface area (Å²) in [6.45, 7) is 16.7. The molecule has 0 saturated carbocycles. The van der Waals surface area contributed by atoms with Crippen LogP contribution in [0.2, 0.25) is 0 Å². The van der Waals surface area contributed by atoms with Crippen molar-refractivity contribution >= 4 is 0 Å². The third-order valence-corrected chi connectivity index (χ3v) is 9.04. The number of hydrogen-bond donors (Lipinski definition) is 0. The van der Waals surface area contributed by atoms with Crippen LogP contribution in [-0.4, -0.2) is 9.97 Å². The first-order valence-corrected chi connectivity index (χ1v) is 12.2. The second kappa shape index (κ2) is 7.43. The third-order valence-electron chi connectivity index (χ3n) is 9.04. The Bertz CT molecular complexity index is 941. The topological polar surface area (TPSA) is 29.7 Å². The first-order chi connectivity index (χ1) is 14.3. The van der Waals surface area contributed by atoms with Crippen LogP contribution in [0.25, 0.3) is 11.3 Å². The fraction of sp³-hybridized carbons (Fsp3) is 0.667. The summed E-state index contributed by atoms with van der Waals surface area (Å²) in [6, 6.07) is 4.71. The van der Waals surface area contributed by atoms with Crippen LogP contribution in [-0.2, 0) is 16.4 Å². The van der Waals surface area contributed by atoms with E-state index in [2.05, 4.69) is 71.4 Å². The van der Waals surface area contributed by atoms with Crippen LogP contribution in [0.5, 0.6) is 0 Å². The van der Waals surface area contributed by atoms with E-state index >= 15 is 0 Å². The monoisotopic (exact) mass is 406 g/mol. The van der Waals surface area contributed by atoms with Gasteiger partial charge in [-0.15, -0.1) is 0 Å². The summed E-state index contributed by atoms with van der Waals surface area (Å²) in [4.78, 5) is 9.94. The lowest BCUT2D eigenvalue weighted by Crippen LogP contribution is -2.64. The summed E-state index contributed by atoms with van der Waals surface area (Å²) < 4.78 is 2.65. The Kier molecular flexibility index (Phi) is 5.31. The zero-order valence-electron chi connectivity index (χ0n) is 20.2. The molecule has 0 radical (unpaired) electrons. The molecule has 0 bridgehead atoms. The Morgan fingerprint density at radius 2 is 1.73 bits per heavy atom. The second-order valence-electron chi connectivity index (χ2n) is 10.3. The minimum Gasteiger partial charge on any atom is -0.240 e. The molecule has 0 N–H and O–H groups in total. The van der Waals surface area contributed by atoms with E-state index in [4.69, 9.17) is 9.97 Å². The Morgan fingerprint density at radius 3 is 2.37 bits per heavy atom. The van der Waals surface area contributed by atoms with Gasteiger partial charge in [-0.25, -0.2) is 9.97 Å². The number of hydrogen-bond acceptors (Lipinski definition) is 2. The fourth-order valence-electron chi connectivity index (χ4n) is 6.80. The van der Waals surface area contributed by atoms with Crippen LogP contribution in [0.3, 0.4) is 0 Å². The molecule has 162 valence electrons. The summed E-state index contributed by atoms with van der Waals surface area (Å²) in [5.74, 6) is 0.428. The summed E-state index contributed by atoms with van der Waals surface area (Å²) in [5, 5.41) is 0. The molecule has 0 amide bonds. The molecule has 1 aliphatic heterocycles. The lowest BCUT2D eigenvalue weighted by atomic mass is 9.53. The van der Waals surface area contributed by atoms with Crippen molar-refractivity contribution < 1.29 is 4.57 Å². The van der Waals surface area contributed by atoms with Crippen molar-refractivity contribution in [2.75, 3.05) is 0 Å². The van der Waals surface area contributed by atoms with Gasteiger partial charge in [0.15, 0.2) is 11.7 Å². The van der Waals surface area contributed by atoms with Gasteiger partial charge in [-0.05, 0) is 18.9 Å². The Labute approximate surface area is 183 Å². The first kappa shape index (κ1) is 21.5. The predicted octanol–water partition coefficient (Wildman–Crippen LogP) is 6.58. The molecular formula is C27H40N3+. The van der Waals surface area contributed by atoms with Gasteiger partial charge >= 0.3 is 0 Å². The molecule has 0 spiro atoms. The van der Waals surface area contributed by atoms with Crippen molar-refractivity contribution in [2.45, 2.75) is 116 Å². The molecule has 2 aromatic heterocycles. The lowest BCUT2D eigenvalue weighted by molar-refractivity contribution is -0.763. The quantitative estimate of drug-likeness (QED) is 0.384. The fourth-order valence-corrected chi connectivity index (χ4v) is 6.80. The van der Waals surface area contributed by atoms with Crippen LogP contribution < -0.4 is 4.57 Å². The van der Waals surface area contributed by atoms with Crippen molar-refractivity contribution in [1.82, 2.24) is 9.97 Å². The highest BCUT2D eigenvalue weighted by Gasteiger charge is 2.59. The third kappa shape index (κ3) is 2.53. The van der Waals surface area contributed by atoms with Gasteiger partial charge in [-0.2, -0.15) is 4.57 Å². The molecule has 2 unspecified atom stereocenters. The molecule has 4 rings (SSSR count). The molecule has 30 heavy (non-hydrogen) atoms. The van der Waals surface area contributed by atoms with E-state index < -0.39 is 0 Å². The molecule has 1 aliphatic carbocycles. The molecule has 0 saturated heterocycles. The van der Waals surface area contributed by atoms with Crippen molar-refractivity contribution in [3.05, 3.63) is 41.6 Å². The highest BCUT2D eigenvalue weighted by molar-refractivity contribution is 5.74. The van der Waals surface area contributed by atoms with Gasteiger partial charge in [-0.3, -0.25) is 0 Å². The van der Waals surface area contributed by atoms with Gasteiger partial charge in [0.2, 0.25) is 5.69 Å². The summed E-state index contributed by atoms with van der Waals surface area (Å²) in [5.41, 5.74) is 6.94. The first-order valence-electron chi connectivity index (χ1n) is 12.2. The van der Waals surface area contributed by atoms with Crippen LogP contribution >= 0.6 is 0 Å². The normalized spacial score (nSPS) is 25.1. The minimum atomic E-state index is -0.0311. The maximum Gasteiger partial charge on any atom is 0.220 e. The number of rotatable bonds is 7. The number of unbranched alkanes of at least 4 members (excludes halogenated alkanes) is 2. The van der Waals surface area contributed by atoms with E-state index in [0.29, 0.717) is 5.92 Å². The number of nitrogens with zero attached hydrogens (tertiary/aromatic N) is 3. The molecule has 2 aliphatic rings. The minimum absolute atomic E-state index is 0.0311. The van der Waals surface area contributed by atoms with Crippen molar-refractivity contribution in [3.63, 3.8) is 0 Å². The van der Waals surface area contributed by atoms with E-state index in [1.54, 1.807) is 0 Å². The molecule has 2 atom stereocenters. The molecule has 0 fully saturated rings. The maximum atomic E-state index is 4.97. The van der Waals surface area contributed by atoms with Gasteiger partial charge in [0.25, 0.3) is 0 Å². The number of pyridine rings is 1. The Morgan fingerprint density at radius 1 is 1.00 bits per heavy atom. The molecule has 2 aromatic rings. The van der Waals surface area contributed by atoms with Crippen LogP contribution in [0.4, 0.5) is 0 Å². The Hall–Kier alpha value is -1.77. The van der Waals surface area contributed by atoms with Crippen molar-refractivity contribution in [1.29, 1.82) is 0 Å². The zero-order valence-corrected chi connectivity index (χ0v) is 20.2. The smallest absolute Gasteiger partial charge is 0.220 e. The van der Waals surface area contributed by atoms with E-state index in [0.717, 1.165) is 19.3 Å². The van der Waals surface area contributed by atoms with Gasteiger partial charge in [0.05, 0.1) is 22.9 Å². The van der Waals surface area contributed by atoms with Crippen molar-refractivity contribution in [2.24, 2.45) is 0 Å². The van der Waals surface area contributed by atoms with Crippen LogP contribution in [0, 0.1) is 0 Å². The van der Waals surface area contributed by atoms with E-state index in [1.165, 1.54) is 53.9 Å². The van der Waals surface area contributed by atoms with Gasteiger partial charge in [-0.1, -0.05) is 67.7 Å². The lowest BCUT2D eigenvalue weighted by Gasteiger charge is -2.51. The standard InChI is InChI=1S/C27H40N3/c1-8-12-13-16-26(7)20-15-14-17-30-23(20)21-22(19(9-2)27(30,10-3)11-4)28-18-29-24(21)25(26,5)6/h14-15,17-19H,8-13,16H2,1-7H3/q+1. The zero-order chi connectivity index (χ0) is 21.7. The molecule has 3 heteroatoms. The maximum absolute atomic E-state index is 4.97. The van der Waals surface area contributed by atoms with E-state index in [9.17, 15) is 0 Å². The molecular weight excluding hydrogens is 366 g/mol.